The number of hydrogen-bond acceptors (Lipinski definition) is 6. The van der Waals surface area contributed by atoms with Crippen molar-refractivity contribution >= 4 is 5.95 Å². The molecule has 0 aromatic carbocycles. The van der Waals surface area contributed by atoms with Gasteiger partial charge >= 0.3 is 0 Å². The Kier molecular flexibility index (Phi) is 4.46. The van der Waals surface area contributed by atoms with Crippen molar-refractivity contribution < 1.29 is 4.42 Å². The molecule has 0 saturated heterocycles. The van der Waals surface area contributed by atoms with Gasteiger partial charge in [0.05, 0.1) is 17.9 Å². The van der Waals surface area contributed by atoms with Gasteiger partial charge in [0.25, 0.3) is 0 Å². The van der Waals surface area contributed by atoms with Crippen molar-refractivity contribution in [1.82, 2.24) is 24.6 Å². The Hall–Kier alpha value is -2.67. The van der Waals surface area contributed by atoms with E-state index >= 15 is 0 Å². The number of aryl methyl sites for hydroxylation is 2. The number of pyridine rings is 1. The van der Waals surface area contributed by atoms with Gasteiger partial charge in [-0.3, -0.25) is 9.88 Å². The van der Waals surface area contributed by atoms with Crippen LogP contribution in [0.3, 0.4) is 0 Å². The summed E-state index contributed by atoms with van der Waals surface area (Å²) >= 11 is 0. The normalized spacial score (nSPS) is 17.4. The molecule has 0 aliphatic carbocycles. The van der Waals surface area contributed by atoms with Gasteiger partial charge in [-0.2, -0.15) is 10.1 Å². The third-order valence-corrected chi connectivity index (χ3v) is 4.88. The minimum atomic E-state index is 0.153. The Labute approximate surface area is 152 Å². The molecule has 7 heteroatoms. The van der Waals surface area contributed by atoms with Crippen LogP contribution in [0.1, 0.15) is 41.2 Å². The standard InChI is InChI=1S/C19H24N6O/c1-3-25-19(20)22-17(23-25)6-7-24-11-14-9-13(2)10-21-18(14)15(12-24)16-5-4-8-26-16/h4-5,8-10,15H,3,6-7,11-12H2,1-2H3,(H2,20,22,23). The van der Waals surface area contributed by atoms with Crippen LogP contribution in [0.5, 0.6) is 0 Å². The van der Waals surface area contributed by atoms with E-state index in [0.717, 1.165) is 49.9 Å². The van der Waals surface area contributed by atoms with E-state index in [1.54, 1.807) is 10.9 Å². The molecule has 2 N–H and O–H groups in total. The molecule has 0 spiro atoms. The number of furan rings is 1. The van der Waals surface area contributed by atoms with E-state index in [2.05, 4.69) is 28.0 Å². The van der Waals surface area contributed by atoms with Crippen molar-refractivity contribution in [2.75, 3.05) is 18.8 Å². The number of rotatable bonds is 5. The van der Waals surface area contributed by atoms with E-state index in [1.807, 2.05) is 25.3 Å². The van der Waals surface area contributed by atoms with Crippen LogP contribution in [0.2, 0.25) is 0 Å². The van der Waals surface area contributed by atoms with Crippen LogP contribution in [-0.4, -0.2) is 37.7 Å². The Bertz CT molecular complexity index is 886. The molecular weight excluding hydrogens is 328 g/mol. The molecule has 1 unspecified atom stereocenters. The number of anilines is 1. The largest absolute Gasteiger partial charge is 0.469 e. The maximum absolute atomic E-state index is 5.88. The highest BCUT2D eigenvalue weighted by Crippen LogP contribution is 2.32. The number of nitrogens with zero attached hydrogens (tertiary/aromatic N) is 5. The Morgan fingerprint density at radius 3 is 3.00 bits per heavy atom. The highest BCUT2D eigenvalue weighted by atomic mass is 16.3. The van der Waals surface area contributed by atoms with Crippen LogP contribution in [0.25, 0.3) is 0 Å². The lowest BCUT2D eigenvalue weighted by molar-refractivity contribution is 0.229. The summed E-state index contributed by atoms with van der Waals surface area (Å²) in [7, 11) is 0. The minimum Gasteiger partial charge on any atom is -0.469 e. The summed E-state index contributed by atoms with van der Waals surface area (Å²) in [6.45, 7) is 7.46. The zero-order valence-electron chi connectivity index (χ0n) is 15.2. The predicted molar refractivity (Wildman–Crippen MR) is 98.6 cm³/mol. The van der Waals surface area contributed by atoms with Gasteiger partial charge in [-0.1, -0.05) is 6.07 Å². The highest BCUT2D eigenvalue weighted by Gasteiger charge is 2.29. The van der Waals surface area contributed by atoms with Crippen LogP contribution >= 0.6 is 0 Å². The third-order valence-electron chi connectivity index (χ3n) is 4.88. The van der Waals surface area contributed by atoms with Crippen LogP contribution < -0.4 is 5.73 Å². The summed E-state index contributed by atoms with van der Waals surface area (Å²) in [5.74, 6) is 2.40. The summed E-state index contributed by atoms with van der Waals surface area (Å²) in [5, 5.41) is 4.46. The highest BCUT2D eigenvalue weighted by molar-refractivity contribution is 5.34. The van der Waals surface area contributed by atoms with Gasteiger partial charge in [0.1, 0.15) is 5.76 Å². The van der Waals surface area contributed by atoms with Gasteiger partial charge in [0, 0.05) is 38.8 Å². The Morgan fingerprint density at radius 1 is 1.38 bits per heavy atom. The molecule has 3 aromatic heterocycles. The molecule has 1 atom stereocenters. The molecule has 0 saturated carbocycles. The smallest absolute Gasteiger partial charge is 0.218 e. The molecule has 4 rings (SSSR count). The fourth-order valence-electron chi connectivity index (χ4n) is 3.62. The van der Waals surface area contributed by atoms with E-state index in [9.17, 15) is 0 Å². The number of aromatic nitrogens is 4. The van der Waals surface area contributed by atoms with Gasteiger partial charge < -0.3 is 10.2 Å². The van der Waals surface area contributed by atoms with Crippen molar-refractivity contribution in [3.05, 3.63) is 59.1 Å². The van der Waals surface area contributed by atoms with Gasteiger partial charge in [-0.25, -0.2) is 4.68 Å². The molecule has 26 heavy (non-hydrogen) atoms. The lowest BCUT2D eigenvalue weighted by Crippen LogP contribution is -2.36. The fourth-order valence-corrected chi connectivity index (χ4v) is 3.62. The van der Waals surface area contributed by atoms with Gasteiger partial charge in [-0.15, -0.1) is 0 Å². The molecule has 1 aliphatic rings. The van der Waals surface area contributed by atoms with Gasteiger partial charge in [0.2, 0.25) is 5.95 Å². The quantitative estimate of drug-likeness (QED) is 0.759. The lowest BCUT2D eigenvalue weighted by Gasteiger charge is -2.33. The molecule has 4 heterocycles. The summed E-state index contributed by atoms with van der Waals surface area (Å²) in [4.78, 5) is 11.5. The second-order valence-corrected chi connectivity index (χ2v) is 6.81. The molecule has 0 radical (unpaired) electrons. The molecule has 0 amide bonds. The molecule has 0 bridgehead atoms. The minimum absolute atomic E-state index is 0.153. The first-order valence-corrected chi connectivity index (χ1v) is 9.04. The number of fused-ring (bicyclic) bond motifs is 1. The SMILES string of the molecule is CCn1nc(CCN2Cc3cc(C)cnc3C(c3ccco3)C2)nc1N. The van der Waals surface area contributed by atoms with Crippen LogP contribution in [0, 0.1) is 6.92 Å². The van der Waals surface area contributed by atoms with E-state index < -0.39 is 0 Å². The average molecular weight is 352 g/mol. The molecular formula is C19H24N6O. The first-order chi connectivity index (χ1) is 12.6. The Balaban J connectivity index is 1.54. The maximum atomic E-state index is 5.88. The molecule has 0 fully saturated rings. The third kappa shape index (κ3) is 3.22. The van der Waals surface area contributed by atoms with Crippen molar-refractivity contribution in [2.24, 2.45) is 0 Å². The molecule has 136 valence electrons. The number of nitrogen functional groups attached to an aromatic ring is 1. The molecule has 3 aromatic rings. The first-order valence-electron chi connectivity index (χ1n) is 9.04. The number of hydrogen-bond donors (Lipinski definition) is 1. The van der Waals surface area contributed by atoms with Crippen molar-refractivity contribution in [2.45, 2.75) is 39.3 Å². The van der Waals surface area contributed by atoms with E-state index in [-0.39, 0.29) is 5.92 Å². The second kappa shape index (κ2) is 6.92. The van der Waals surface area contributed by atoms with Gasteiger partial charge in [-0.05, 0) is 37.1 Å². The van der Waals surface area contributed by atoms with E-state index in [0.29, 0.717) is 5.95 Å². The summed E-state index contributed by atoms with van der Waals surface area (Å²) < 4.78 is 7.43. The van der Waals surface area contributed by atoms with Crippen molar-refractivity contribution in [3.63, 3.8) is 0 Å². The molecule has 1 aliphatic heterocycles. The van der Waals surface area contributed by atoms with Gasteiger partial charge in [0.15, 0.2) is 5.82 Å². The average Bonchev–Trinajstić information content (AvgIpc) is 3.28. The lowest BCUT2D eigenvalue weighted by atomic mass is 9.92. The maximum Gasteiger partial charge on any atom is 0.218 e. The van der Waals surface area contributed by atoms with Crippen molar-refractivity contribution in [3.8, 4) is 0 Å². The fraction of sp³-hybridized carbons (Fsp3) is 0.421. The monoisotopic (exact) mass is 352 g/mol. The van der Waals surface area contributed by atoms with Crippen LogP contribution in [-0.2, 0) is 19.5 Å². The molecule has 7 nitrogen and oxygen atoms in total. The van der Waals surface area contributed by atoms with Crippen molar-refractivity contribution in [1.29, 1.82) is 0 Å². The van der Waals surface area contributed by atoms with Crippen LogP contribution in [0.15, 0.2) is 35.1 Å². The first kappa shape index (κ1) is 16.8. The zero-order chi connectivity index (χ0) is 18.1. The number of nitrogens with two attached hydrogens (primary N) is 1. The van der Waals surface area contributed by atoms with Crippen LogP contribution in [0.4, 0.5) is 5.95 Å². The van der Waals surface area contributed by atoms with E-state index in [1.165, 1.54) is 11.1 Å². The second-order valence-electron chi connectivity index (χ2n) is 6.81. The summed E-state index contributed by atoms with van der Waals surface area (Å²) in [6, 6.07) is 6.20. The van der Waals surface area contributed by atoms with E-state index in [4.69, 9.17) is 15.1 Å². The zero-order valence-corrected chi connectivity index (χ0v) is 15.2. The summed E-state index contributed by atoms with van der Waals surface area (Å²) in [5.41, 5.74) is 9.45. The summed E-state index contributed by atoms with van der Waals surface area (Å²) in [6.07, 6.45) is 4.44. The topological polar surface area (TPSA) is 86.0 Å². The predicted octanol–water partition coefficient (Wildman–Crippen LogP) is 2.37. The Morgan fingerprint density at radius 2 is 2.27 bits per heavy atom.